The van der Waals surface area contributed by atoms with E-state index in [9.17, 15) is 9.50 Å². The second-order valence-electron chi connectivity index (χ2n) is 7.42. The molecule has 0 amide bonds. The minimum absolute atomic E-state index is 0.234. The van der Waals surface area contributed by atoms with Crippen LogP contribution in [0, 0.1) is 26.6 Å². The summed E-state index contributed by atoms with van der Waals surface area (Å²) in [6.45, 7) is 9.87. The summed E-state index contributed by atoms with van der Waals surface area (Å²) >= 11 is 1.62. The fourth-order valence-electron chi connectivity index (χ4n) is 3.90. The predicted molar refractivity (Wildman–Crippen MR) is 112 cm³/mol. The van der Waals surface area contributed by atoms with E-state index in [0.717, 1.165) is 43.2 Å². The number of fused-ring (bicyclic) bond motifs is 2. The molecular formula is C22H24FN3OS. The second kappa shape index (κ2) is 6.64. The molecule has 3 aromatic heterocycles. The summed E-state index contributed by atoms with van der Waals surface area (Å²) < 4.78 is 16.7. The molecule has 0 bridgehead atoms. The molecule has 0 fully saturated rings. The molecule has 0 saturated heterocycles. The first-order valence-corrected chi connectivity index (χ1v) is 10.4. The Bertz CT molecular complexity index is 1200. The summed E-state index contributed by atoms with van der Waals surface area (Å²) in [7, 11) is 0. The Balaban J connectivity index is 2.06. The first-order valence-electron chi connectivity index (χ1n) is 9.58. The molecule has 0 atom stereocenters. The van der Waals surface area contributed by atoms with E-state index in [1.165, 1.54) is 6.07 Å². The molecule has 146 valence electrons. The van der Waals surface area contributed by atoms with Crippen molar-refractivity contribution in [3.05, 3.63) is 52.6 Å². The van der Waals surface area contributed by atoms with Crippen LogP contribution >= 0.6 is 11.3 Å². The van der Waals surface area contributed by atoms with Crippen molar-refractivity contribution < 1.29 is 9.50 Å². The maximum Gasteiger partial charge on any atom is 0.160 e. The van der Waals surface area contributed by atoms with E-state index in [2.05, 4.69) is 0 Å². The average molecular weight is 398 g/mol. The maximum absolute atomic E-state index is 13.8. The number of hydrogen-bond acceptors (Lipinski definition) is 4. The van der Waals surface area contributed by atoms with E-state index in [-0.39, 0.29) is 5.82 Å². The Morgan fingerprint density at radius 1 is 1.14 bits per heavy atom. The highest BCUT2D eigenvalue weighted by Crippen LogP contribution is 2.41. The van der Waals surface area contributed by atoms with Crippen LogP contribution in [0.5, 0.6) is 0 Å². The number of rotatable bonds is 4. The lowest BCUT2D eigenvalue weighted by molar-refractivity contribution is 0.0291. The lowest BCUT2D eigenvalue weighted by Gasteiger charge is -2.26. The largest absolute Gasteiger partial charge is 0.385 e. The first-order chi connectivity index (χ1) is 13.3. The third-order valence-electron chi connectivity index (χ3n) is 5.67. The molecule has 0 aliphatic rings. The van der Waals surface area contributed by atoms with Gasteiger partial charge >= 0.3 is 0 Å². The average Bonchev–Trinajstić information content (AvgIpc) is 3.16. The van der Waals surface area contributed by atoms with Crippen LogP contribution in [0.4, 0.5) is 4.39 Å². The monoisotopic (exact) mass is 397 g/mol. The third kappa shape index (κ3) is 2.74. The Labute approximate surface area is 167 Å². The summed E-state index contributed by atoms with van der Waals surface area (Å²) in [6.07, 6.45) is 1.20. The number of aromatic nitrogens is 3. The molecular weight excluding hydrogens is 373 g/mol. The number of aliphatic hydroxyl groups is 1. The van der Waals surface area contributed by atoms with Crippen LogP contribution in [-0.2, 0) is 5.60 Å². The number of nitrogens with zero attached hydrogens (tertiary/aromatic N) is 3. The number of hydrogen-bond donors (Lipinski definition) is 1. The summed E-state index contributed by atoms with van der Waals surface area (Å²) in [6, 6.07) is 6.83. The molecule has 0 aliphatic heterocycles. The molecule has 0 radical (unpaired) electrons. The fraction of sp³-hybridized carbons (Fsp3) is 0.364. The summed E-state index contributed by atoms with van der Waals surface area (Å²) in [5.74, 6) is -0.234. The molecule has 28 heavy (non-hydrogen) atoms. The predicted octanol–water partition coefficient (Wildman–Crippen LogP) is 5.68. The number of benzene rings is 1. The van der Waals surface area contributed by atoms with Crippen LogP contribution < -0.4 is 0 Å². The van der Waals surface area contributed by atoms with E-state index >= 15 is 0 Å². The van der Waals surface area contributed by atoms with Gasteiger partial charge in [-0.1, -0.05) is 13.8 Å². The zero-order valence-electron chi connectivity index (χ0n) is 16.8. The normalized spacial score (nSPS) is 12.4. The SMILES string of the molecule is CCC(O)(CC)c1cc(C)nn2c(-c3sc4ccc(F)cc4c3C)c(C)nc12. The van der Waals surface area contributed by atoms with Gasteiger partial charge in [0, 0.05) is 10.3 Å². The Kier molecular flexibility index (Phi) is 4.51. The summed E-state index contributed by atoms with van der Waals surface area (Å²) in [5, 5.41) is 16.8. The van der Waals surface area contributed by atoms with Gasteiger partial charge in [-0.05, 0) is 68.8 Å². The van der Waals surface area contributed by atoms with Gasteiger partial charge in [-0.15, -0.1) is 11.3 Å². The van der Waals surface area contributed by atoms with Gasteiger partial charge in [-0.3, -0.25) is 0 Å². The second-order valence-corrected chi connectivity index (χ2v) is 8.47. The highest BCUT2D eigenvalue weighted by Gasteiger charge is 2.30. The summed E-state index contributed by atoms with van der Waals surface area (Å²) in [5.41, 5.74) is 4.17. The van der Waals surface area contributed by atoms with Gasteiger partial charge in [0.05, 0.1) is 21.9 Å². The molecule has 0 spiro atoms. The van der Waals surface area contributed by atoms with Crippen LogP contribution in [0.2, 0.25) is 0 Å². The summed E-state index contributed by atoms with van der Waals surface area (Å²) in [4.78, 5) is 5.83. The molecule has 4 aromatic rings. The van der Waals surface area contributed by atoms with Crippen LogP contribution in [0.15, 0.2) is 24.3 Å². The van der Waals surface area contributed by atoms with Gasteiger partial charge in [0.2, 0.25) is 0 Å². The van der Waals surface area contributed by atoms with Gasteiger partial charge in [0.25, 0.3) is 0 Å². The van der Waals surface area contributed by atoms with Gasteiger partial charge in [-0.2, -0.15) is 5.10 Å². The number of imidazole rings is 1. The smallest absolute Gasteiger partial charge is 0.160 e. The Hall–Kier alpha value is -2.31. The molecule has 4 nitrogen and oxygen atoms in total. The van der Waals surface area contributed by atoms with Gasteiger partial charge in [0.15, 0.2) is 5.65 Å². The molecule has 0 saturated carbocycles. The van der Waals surface area contributed by atoms with E-state index in [4.69, 9.17) is 10.1 Å². The van der Waals surface area contributed by atoms with Gasteiger partial charge in [0.1, 0.15) is 11.5 Å². The minimum atomic E-state index is -0.942. The van der Waals surface area contributed by atoms with Crippen molar-refractivity contribution in [2.75, 3.05) is 0 Å². The van der Waals surface area contributed by atoms with E-state index in [0.29, 0.717) is 18.5 Å². The van der Waals surface area contributed by atoms with Crippen molar-refractivity contribution in [1.82, 2.24) is 14.6 Å². The number of aryl methyl sites for hydroxylation is 3. The molecule has 0 aliphatic carbocycles. The van der Waals surface area contributed by atoms with Crippen LogP contribution in [-0.4, -0.2) is 19.7 Å². The van der Waals surface area contributed by atoms with Crippen molar-refractivity contribution in [2.24, 2.45) is 0 Å². The highest BCUT2D eigenvalue weighted by molar-refractivity contribution is 7.22. The van der Waals surface area contributed by atoms with Crippen molar-refractivity contribution in [2.45, 2.75) is 53.1 Å². The minimum Gasteiger partial charge on any atom is -0.385 e. The van der Waals surface area contributed by atoms with Crippen LogP contribution in [0.1, 0.15) is 49.2 Å². The molecule has 0 unspecified atom stereocenters. The Morgan fingerprint density at radius 3 is 2.54 bits per heavy atom. The van der Waals surface area contributed by atoms with Crippen LogP contribution in [0.3, 0.4) is 0 Å². The van der Waals surface area contributed by atoms with E-state index in [1.54, 1.807) is 17.4 Å². The van der Waals surface area contributed by atoms with Crippen molar-refractivity contribution in [3.63, 3.8) is 0 Å². The maximum atomic E-state index is 13.8. The Morgan fingerprint density at radius 2 is 1.86 bits per heavy atom. The van der Waals surface area contributed by atoms with Crippen molar-refractivity contribution in [3.8, 4) is 10.6 Å². The van der Waals surface area contributed by atoms with Crippen molar-refractivity contribution in [1.29, 1.82) is 0 Å². The molecule has 3 heterocycles. The quantitative estimate of drug-likeness (QED) is 0.482. The standard InChI is InChI=1S/C22H24FN3OS/c1-6-22(27,7-2)17-10-12(3)25-26-19(14(5)24-21(17)26)20-13(4)16-11-15(23)8-9-18(16)28-20/h8-11,27H,6-7H2,1-5H3. The zero-order chi connectivity index (χ0) is 20.2. The third-order valence-corrected chi connectivity index (χ3v) is 6.94. The zero-order valence-corrected chi connectivity index (χ0v) is 17.6. The molecule has 1 aromatic carbocycles. The lowest BCUT2D eigenvalue weighted by atomic mass is 9.89. The van der Waals surface area contributed by atoms with Crippen LogP contribution in [0.25, 0.3) is 26.3 Å². The highest BCUT2D eigenvalue weighted by atomic mass is 32.1. The number of thiophene rings is 1. The lowest BCUT2D eigenvalue weighted by Crippen LogP contribution is -2.25. The first kappa shape index (κ1) is 19.0. The number of halogens is 1. The molecule has 1 N–H and O–H groups in total. The van der Waals surface area contributed by atoms with Gasteiger partial charge < -0.3 is 5.11 Å². The van der Waals surface area contributed by atoms with Gasteiger partial charge in [-0.25, -0.2) is 13.9 Å². The van der Waals surface area contributed by atoms with E-state index in [1.807, 2.05) is 51.3 Å². The topological polar surface area (TPSA) is 50.4 Å². The fourth-order valence-corrected chi connectivity index (χ4v) is 5.17. The molecule has 4 rings (SSSR count). The van der Waals surface area contributed by atoms with Crippen molar-refractivity contribution >= 4 is 27.1 Å². The molecule has 6 heteroatoms. The van der Waals surface area contributed by atoms with E-state index < -0.39 is 5.60 Å².